The van der Waals surface area contributed by atoms with Crippen molar-refractivity contribution >= 4 is 17.7 Å². The third kappa shape index (κ3) is 5.27. The van der Waals surface area contributed by atoms with Crippen molar-refractivity contribution in [2.45, 2.75) is 12.0 Å². The highest BCUT2D eigenvalue weighted by molar-refractivity contribution is 8.03. The molecule has 0 N–H and O–H groups in total. The van der Waals surface area contributed by atoms with Gasteiger partial charge in [-0.1, -0.05) is 103 Å². The fraction of sp³-hybridized carbons (Fsp3) is 0.156. The zero-order chi connectivity index (χ0) is 25.5. The quantitative estimate of drug-likeness (QED) is 0.188. The van der Waals surface area contributed by atoms with Gasteiger partial charge in [-0.05, 0) is 34.4 Å². The highest BCUT2D eigenvalue weighted by Crippen LogP contribution is 2.46. The van der Waals surface area contributed by atoms with E-state index in [4.69, 9.17) is 4.74 Å². The summed E-state index contributed by atoms with van der Waals surface area (Å²) in [5.74, 6) is 1.10. The first-order valence-electron chi connectivity index (χ1n) is 12.3. The molecule has 0 atom stereocenters. The van der Waals surface area contributed by atoms with Crippen LogP contribution in [0.25, 0.3) is 0 Å². The zero-order valence-corrected chi connectivity index (χ0v) is 21.6. The van der Waals surface area contributed by atoms with Crippen LogP contribution in [0.1, 0.15) is 22.3 Å². The molecule has 4 aromatic rings. The van der Waals surface area contributed by atoms with Crippen LogP contribution in [0.3, 0.4) is 0 Å². The molecule has 0 saturated heterocycles. The number of allylic oxidation sites excluding steroid dienone is 1. The molecule has 37 heavy (non-hydrogen) atoms. The first-order valence-corrected chi connectivity index (χ1v) is 13.2. The van der Waals surface area contributed by atoms with Gasteiger partial charge in [0.1, 0.15) is 11.3 Å². The van der Waals surface area contributed by atoms with Gasteiger partial charge in [-0.3, -0.25) is 0 Å². The lowest BCUT2D eigenvalue weighted by Gasteiger charge is -2.43. The fourth-order valence-electron chi connectivity index (χ4n) is 4.83. The Morgan fingerprint density at radius 2 is 1.30 bits per heavy atom. The van der Waals surface area contributed by atoms with E-state index in [1.54, 1.807) is 0 Å². The van der Waals surface area contributed by atoms with Gasteiger partial charge in [0.05, 0.1) is 13.0 Å². The minimum atomic E-state index is -0.454. The van der Waals surface area contributed by atoms with E-state index in [9.17, 15) is 4.79 Å². The molecular weight excluding hydrogens is 478 g/mol. The van der Waals surface area contributed by atoms with Crippen LogP contribution in [-0.4, -0.2) is 30.5 Å². The Balaban J connectivity index is 1.48. The first kappa shape index (κ1) is 24.7. The fourth-order valence-corrected chi connectivity index (χ4v) is 5.88. The number of carbonyl (C=O) groups is 1. The first-order chi connectivity index (χ1) is 18.2. The van der Waals surface area contributed by atoms with Gasteiger partial charge in [0.15, 0.2) is 6.61 Å². The van der Waals surface area contributed by atoms with Crippen molar-refractivity contribution in [1.82, 2.24) is 4.90 Å². The van der Waals surface area contributed by atoms with E-state index in [2.05, 4.69) is 119 Å². The highest BCUT2D eigenvalue weighted by Gasteiger charge is 2.42. The molecule has 0 bridgehead atoms. The summed E-state index contributed by atoms with van der Waals surface area (Å²) in [7, 11) is 1.35. The summed E-state index contributed by atoms with van der Waals surface area (Å²) < 4.78 is 10.1. The largest absolute Gasteiger partial charge is 0.482 e. The van der Waals surface area contributed by atoms with E-state index in [0.717, 1.165) is 12.3 Å². The molecule has 4 nitrogen and oxygen atoms in total. The van der Waals surface area contributed by atoms with E-state index in [1.165, 1.54) is 34.3 Å². The molecule has 5 rings (SSSR count). The van der Waals surface area contributed by atoms with Crippen molar-refractivity contribution in [2.75, 3.05) is 19.6 Å². The Morgan fingerprint density at radius 3 is 1.78 bits per heavy atom. The van der Waals surface area contributed by atoms with E-state index in [-0.39, 0.29) is 6.61 Å². The van der Waals surface area contributed by atoms with Crippen LogP contribution in [0.4, 0.5) is 0 Å². The normalized spacial score (nSPS) is 13.2. The van der Waals surface area contributed by atoms with Gasteiger partial charge in [-0.25, -0.2) is 4.79 Å². The Bertz CT molecular complexity index is 1240. The van der Waals surface area contributed by atoms with E-state index < -0.39 is 11.5 Å². The number of nitrogens with zero attached hydrogens (tertiary/aromatic N) is 1. The van der Waals surface area contributed by atoms with Crippen molar-refractivity contribution in [1.29, 1.82) is 0 Å². The van der Waals surface area contributed by atoms with E-state index in [1.807, 2.05) is 23.9 Å². The van der Waals surface area contributed by atoms with Gasteiger partial charge < -0.3 is 14.4 Å². The minimum Gasteiger partial charge on any atom is -0.482 e. The average molecular weight is 508 g/mol. The number of ether oxygens (including phenoxy) is 2. The molecule has 1 aliphatic heterocycles. The Morgan fingerprint density at radius 1 is 0.784 bits per heavy atom. The number of esters is 1. The molecular formula is C32H29NO3S. The van der Waals surface area contributed by atoms with Gasteiger partial charge in [0.25, 0.3) is 0 Å². The van der Waals surface area contributed by atoms with Crippen LogP contribution >= 0.6 is 11.8 Å². The average Bonchev–Trinajstić information content (AvgIpc) is 3.43. The summed E-state index contributed by atoms with van der Waals surface area (Å²) in [6, 6.07) is 40.2. The monoisotopic (exact) mass is 507 g/mol. The van der Waals surface area contributed by atoms with Crippen LogP contribution in [0.15, 0.2) is 126 Å². The third-order valence-corrected chi connectivity index (χ3v) is 7.61. The third-order valence-electron chi connectivity index (χ3n) is 6.58. The second-order valence-electron chi connectivity index (χ2n) is 8.83. The summed E-state index contributed by atoms with van der Waals surface area (Å²) in [5, 5.41) is 0. The van der Waals surface area contributed by atoms with Crippen LogP contribution in [0.5, 0.6) is 5.75 Å². The molecule has 186 valence electrons. The molecule has 0 aromatic heterocycles. The molecule has 1 heterocycles. The second-order valence-corrected chi connectivity index (χ2v) is 9.90. The van der Waals surface area contributed by atoms with Gasteiger partial charge in [-0.15, -0.1) is 11.8 Å². The predicted octanol–water partition coefficient (Wildman–Crippen LogP) is 6.62. The highest BCUT2D eigenvalue weighted by atomic mass is 32.2. The lowest BCUT2D eigenvalue weighted by molar-refractivity contribution is -0.142. The Hall–Kier alpha value is -3.96. The minimum absolute atomic E-state index is 0.0909. The van der Waals surface area contributed by atoms with Crippen molar-refractivity contribution in [3.8, 4) is 5.75 Å². The molecule has 0 amide bonds. The maximum absolute atomic E-state index is 11.3. The standard InChI is InChI=1S/C32H29NO3S/c1-35-31(34)23-36-29-19-17-25(18-20-29)21-30-22-33(24-37-30)32(26-11-5-2-6-12-26,27-13-7-3-8-14-27)28-15-9-4-10-16-28/h2-20,22H,21,23-24H2,1H3. The van der Waals surface area contributed by atoms with Gasteiger partial charge in [-0.2, -0.15) is 0 Å². The number of methoxy groups -OCH3 is 1. The van der Waals surface area contributed by atoms with Crippen LogP contribution in [0.2, 0.25) is 0 Å². The van der Waals surface area contributed by atoms with Crippen LogP contribution in [0, 0.1) is 0 Å². The number of thioether (sulfide) groups is 1. The lowest BCUT2D eigenvalue weighted by atomic mass is 9.76. The summed E-state index contributed by atoms with van der Waals surface area (Å²) in [5.41, 5.74) is 4.44. The van der Waals surface area contributed by atoms with E-state index >= 15 is 0 Å². The van der Waals surface area contributed by atoms with Crippen molar-refractivity contribution in [3.63, 3.8) is 0 Å². The summed E-state index contributed by atoms with van der Waals surface area (Å²) in [6.45, 7) is -0.0909. The molecule has 0 aliphatic carbocycles. The van der Waals surface area contributed by atoms with Gasteiger partial charge >= 0.3 is 5.97 Å². The number of hydrogen-bond acceptors (Lipinski definition) is 5. The summed E-state index contributed by atoms with van der Waals surface area (Å²) >= 11 is 1.87. The van der Waals surface area contributed by atoms with Crippen LogP contribution in [-0.2, 0) is 21.5 Å². The number of hydrogen-bond donors (Lipinski definition) is 0. The zero-order valence-electron chi connectivity index (χ0n) is 20.7. The number of rotatable bonds is 9. The molecule has 0 fully saturated rings. The molecule has 0 radical (unpaired) electrons. The summed E-state index contributed by atoms with van der Waals surface area (Å²) in [6.07, 6.45) is 3.15. The van der Waals surface area contributed by atoms with Gasteiger partial charge in [0.2, 0.25) is 0 Å². The molecule has 0 saturated carbocycles. The Kier molecular flexibility index (Phi) is 7.62. The molecule has 1 aliphatic rings. The van der Waals surface area contributed by atoms with Crippen molar-refractivity contribution < 1.29 is 14.3 Å². The number of benzene rings is 4. The Labute approximate surface area is 222 Å². The molecule has 0 spiro atoms. The molecule has 4 aromatic carbocycles. The lowest BCUT2D eigenvalue weighted by Crippen LogP contribution is -2.44. The molecule has 0 unspecified atom stereocenters. The second kappa shape index (κ2) is 11.4. The smallest absolute Gasteiger partial charge is 0.343 e. The molecule has 5 heteroatoms. The maximum Gasteiger partial charge on any atom is 0.343 e. The van der Waals surface area contributed by atoms with Crippen LogP contribution < -0.4 is 4.74 Å². The summed E-state index contributed by atoms with van der Waals surface area (Å²) in [4.78, 5) is 15.1. The van der Waals surface area contributed by atoms with E-state index in [0.29, 0.717) is 5.75 Å². The van der Waals surface area contributed by atoms with Crippen molar-refractivity contribution in [2.24, 2.45) is 0 Å². The topological polar surface area (TPSA) is 38.8 Å². The van der Waals surface area contributed by atoms with Crippen molar-refractivity contribution in [3.05, 3.63) is 149 Å². The maximum atomic E-state index is 11.3. The SMILES string of the molecule is COC(=O)COc1ccc(CC2=CN(C(c3ccccc3)(c3ccccc3)c3ccccc3)CS2)cc1. The number of carbonyl (C=O) groups excluding carboxylic acids is 1. The predicted molar refractivity (Wildman–Crippen MR) is 149 cm³/mol. The van der Waals surface area contributed by atoms with Gasteiger partial charge in [0, 0.05) is 17.5 Å².